The molecule has 0 fully saturated rings. The molecular weight excluding hydrogens is 356 g/mol. The third-order valence-electron chi connectivity index (χ3n) is 3.49. The maximum Gasteiger partial charge on any atom is 0.256 e. The highest BCUT2D eigenvalue weighted by atomic mass is 35.5. The molecule has 1 heterocycles. The molecule has 7 N–H and O–H groups in total. The quantitative estimate of drug-likeness (QED) is 0.266. The van der Waals surface area contributed by atoms with Gasteiger partial charge in [-0.2, -0.15) is 5.10 Å². The number of primary amides is 1. The number of rotatable bonds is 5. The molecule has 0 bridgehead atoms. The number of aromatic nitrogens is 2. The van der Waals surface area contributed by atoms with Crippen LogP contribution >= 0.6 is 11.6 Å². The molecule has 132 valence electrons. The topological polar surface area (TPSA) is 142 Å². The summed E-state index contributed by atoms with van der Waals surface area (Å²) in [5.41, 5.74) is 12.8. The Bertz CT molecular complexity index is 981. The second-order valence-corrected chi connectivity index (χ2v) is 5.81. The normalized spacial score (nSPS) is 11.0. The first-order chi connectivity index (χ1) is 12.4. The standard InChI is InChI=1S/C17H15ClN6O2/c18-10-2-4-11(5-3-10)22-17-14(15(20)26)16(23-24-17)21-8-9-1-6-13(25)12(19)7-9/h1-8,25H,19H2,(H2,20,26)(H2,22,23,24). The van der Waals surface area contributed by atoms with E-state index in [9.17, 15) is 9.90 Å². The zero-order chi connectivity index (χ0) is 18.7. The number of aromatic amines is 1. The summed E-state index contributed by atoms with van der Waals surface area (Å²) in [4.78, 5) is 16.0. The van der Waals surface area contributed by atoms with Gasteiger partial charge >= 0.3 is 0 Å². The van der Waals surface area contributed by atoms with Crippen molar-refractivity contribution in [1.82, 2.24) is 10.2 Å². The van der Waals surface area contributed by atoms with Crippen LogP contribution in [0.3, 0.4) is 0 Å². The van der Waals surface area contributed by atoms with Crippen molar-refractivity contribution in [2.45, 2.75) is 0 Å². The molecule has 0 aliphatic rings. The molecular formula is C17H15ClN6O2. The van der Waals surface area contributed by atoms with E-state index >= 15 is 0 Å². The van der Waals surface area contributed by atoms with Crippen LogP contribution in [0.1, 0.15) is 15.9 Å². The van der Waals surface area contributed by atoms with E-state index in [0.717, 1.165) is 0 Å². The van der Waals surface area contributed by atoms with Crippen LogP contribution in [0.15, 0.2) is 47.5 Å². The number of anilines is 3. The van der Waals surface area contributed by atoms with Crippen molar-refractivity contribution in [3.63, 3.8) is 0 Å². The molecule has 8 nitrogen and oxygen atoms in total. The predicted molar refractivity (Wildman–Crippen MR) is 102 cm³/mol. The van der Waals surface area contributed by atoms with E-state index in [-0.39, 0.29) is 22.8 Å². The van der Waals surface area contributed by atoms with Crippen LogP contribution in [0.2, 0.25) is 5.02 Å². The molecule has 3 rings (SSSR count). The van der Waals surface area contributed by atoms with Crippen molar-refractivity contribution in [2.75, 3.05) is 11.1 Å². The molecule has 0 saturated carbocycles. The SMILES string of the molecule is NC(=O)c1c(N=Cc2ccc(O)c(N)c2)n[nH]c1Nc1ccc(Cl)cc1. The van der Waals surface area contributed by atoms with Gasteiger partial charge in [-0.25, -0.2) is 4.99 Å². The van der Waals surface area contributed by atoms with Crippen LogP contribution in [0.4, 0.5) is 23.0 Å². The van der Waals surface area contributed by atoms with Crippen LogP contribution in [0.5, 0.6) is 5.75 Å². The molecule has 9 heteroatoms. The molecule has 3 aromatic rings. The molecule has 1 aromatic heterocycles. The van der Waals surface area contributed by atoms with Gasteiger partial charge in [0.15, 0.2) is 5.82 Å². The number of nitrogen functional groups attached to an aromatic ring is 1. The first-order valence-corrected chi connectivity index (χ1v) is 7.85. The molecule has 26 heavy (non-hydrogen) atoms. The molecule has 0 atom stereocenters. The zero-order valence-electron chi connectivity index (χ0n) is 13.4. The number of amides is 1. The summed E-state index contributed by atoms with van der Waals surface area (Å²) in [6.45, 7) is 0. The Balaban J connectivity index is 1.89. The summed E-state index contributed by atoms with van der Waals surface area (Å²) < 4.78 is 0. The molecule has 0 saturated heterocycles. The monoisotopic (exact) mass is 370 g/mol. The van der Waals surface area contributed by atoms with Gasteiger partial charge in [0.1, 0.15) is 17.1 Å². The number of hydrogen-bond donors (Lipinski definition) is 5. The first-order valence-electron chi connectivity index (χ1n) is 7.47. The highest BCUT2D eigenvalue weighted by Crippen LogP contribution is 2.27. The fourth-order valence-corrected chi connectivity index (χ4v) is 2.34. The fraction of sp³-hybridized carbons (Fsp3) is 0. The number of phenolic OH excluding ortho intramolecular Hbond substituents is 1. The van der Waals surface area contributed by atoms with Crippen molar-refractivity contribution in [1.29, 1.82) is 0 Å². The van der Waals surface area contributed by atoms with Gasteiger partial charge < -0.3 is 21.9 Å². The van der Waals surface area contributed by atoms with Crippen molar-refractivity contribution in [2.24, 2.45) is 10.7 Å². The van der Waals surface area contributed by atoms with Gasteiger partial charge in [-0.05, 0) is 48.0 Å². The van der Waals surface area contributed by atoms with Gasteiger partial charge in [0, 0.05) is 16.9 Å². The Morgan fingerprint density at radius 3 is 2.65 bits per heavy atom. The van der Waals surface area contributed by atoms with E-state index < -0.39 is 5.91 Å². The molecule has 0 spiro atoms. The summed E-state index contributed by atoms with van der Waals surface area (Å²) in [7, 11) is 0. The van der Waals surface area contributed by atoms with E-state index in [0.29, 0.717) is 22.1 Å². The average molecular weight is 371 g/mol. The maximum absolute atomic E-state index is 11.8. The molecule has 0 aliphatic heterocycles. The number of nitrogens with zero attached hydrogens (tertiary/aromatic N) is 2. The van der Waals surface area contributed by atoms with Crippen LogP contribution < -0.4 is 16.8 Å². The number of halogens is 1. The third kappa shape index (κ3) is 3.76. The molecule has 2 aromatic carbocycles. The number of H-pyrrole nitrogens is 1. The smallest absolute Gasteiger partial charge is 0.256 e. The van der Waals surface area contributed by atoms with Gasteiger partial charge in [-0.1, -0.05) is 11.6 Å². The van der Waals surface area contributed by atoms with Crippen molar-refractivity contribution >= 4 is 46.7 Å². The van der Waals surface area contributed by atoms with Gasteiger partial charge in [0.2, 0.25) is 0 Å². The third-order valence-corrected chi connectivity index (χ3v) is 3.75. The highest BCUT2D eigenvalue weighted by Gasteiger charge is 2.18. The Labute approximate surface area is 153 Å². The summed E-state index contributed by atoms with van der Waals surface area (Å²) in [6, 6.07) is 11.5. The van der Waals surface area contributed by atoms with E-state index in [1.54, 1.807) is 36.4 Å². The van der Waals surface area contributed by atoms with Crippen LogP contribution in [-0.2, 0) is 0 Å². The molecule has 0 unspecified atom stereocenters. The Morgan fingerprint density at radius 1 is 1.27 bits per heavy atom. The van der Waals surface area contributed by atoms with Gasteiger partial charge in [0.25, 0.3) is 5.91 Å². The summed E-state index contributed by atoms with van der Waals surface area (Å²) in [6.07, 6.45) is 1.46. The van der Waals surface area contributed by atoms with Crippen molar-refractivity contribution in [3.8, 4) is 5.75 Å². The molecule has 1 amide bonds. The van der Waals surface area contributed by atoms with Crippen molar-refractivity contribution < 1.29 is 9.90 Å². The van der Waals surface area contributed by atoms with Gasteiger partial charge in [-0.15, -0.1) is 0 Å². The lowest BCUT2D eigenvalue weighted by Gasteiger charge is -2.05. The number of nitrogens with one attached hydrogen (secondary N) is 2. The second-order valence-electron chi connectivity index (χ2n) is 5.37. The number of benzene rings is 2. The number of nitrogens with two attached hydrogens (primary N) is 2. The summed E-state index contributed by atoms with van der Waals surface area (Å²) in [5, 5.41) is 19.8. The minimum Gasteiger partial charge on any atom is -0.506 e. The number of phenols is 1. The number of carbonyl (C=O) groups excluding carboxylic acids is 1. The zero-order valence-corrected chi connectivity index (χ0v) is 14.2. The largest absolute Gasteiger partial charge is 0.506 e. The van der Waals surface area contributed by atoms with E-state index in [4.69, 9.17) is 23.1 Å². The second kappa shape index (κ2) is 7.16. The number of carbonyl (C=O) groups is 1. The average Bonchev–Trinajstić information content (AvgIpc) is 3.01. The molecule has 0 aliphatic carbocycles. The van der Waals surface area contributed by atoms with Crippen LogP contribution in [0, 0.1) is 0 Å². The van der Waals surface area contributed by atoms with E-state index in [1.165, 1.54) is 12.3 Å². The Kier molecular flexibility index (Phi) is 4.76. The van der Waals surface area contributed by atoms with Crippen LogP contribution in [-0.4, -0.2) is 27.4 Å². The highest BCUT2D eigenvalue weighted by molar-refractivity contribution is 6.30. The number of hydrogen-bond acceptors (Lipinski definition) is 6. The van der Waals surface area contributed by atoms with E-state index in [2.05, 4.69) is 20.5 Å². The summed E-state index contributed by atoms with van der Waals surface area (Å²) in [5.74, 6) is -0.264. The minimum atomic E-state index is -0.687. The summed E-state index contributed by atoms with van der Waals surface area (Å²) >= 11 is 5.86. The fourth-order valence-electron chi connectivity index (χ4n) is 2.22. The molecule has 0 radical (unpaired) electrons. The Hall–Kier alpha value is -3.52. The predicted octanol–water partition coefficient (Wildman–Crippen LogP) is 2.94. The lowest BCUT2D eigenvalue weighted by molar-refractivity contribution is 0.100. The number of aromatic hydroxyl groups is 1. The Morgan fingerprint density at radius 2 is 2.00 bits per heavy atom. The maximum atomic E-state index is 11.8. The van der Waals surface area contributed by atoms with Gasteiger partial charge in [-0.3, -0.25) is 9.89 Å². The lowest BCUT2D eigenvalue weighted by Crippen LogP contribution is -2.12. The minimum absolute atomic E-state index is 0.0193. The van der Waals surface area contributed by atoms with Gasteiger partial charge in [0.05, 0.1) is 5.69 Å². The van der Waals surface area contributed by atoms with Crippen molar-refractivity contribution in [3.05, 3.63) is 58.6 Å². The lowest BCUT2D eigenvalue weighted by atomic mass is 10.2. The van der Waals surface area contributed by atoms with E-state index in [1.807, 2.05) is 0 Å². The number of aliphatic imine (C=N–C) groups is 1. The first kappa shape index (κ1) is 17.3. The van der Waals surface area contributed by atoms with Crippen LogP contribution in [0.25, 0.3) is 0 Å².